The highest BCUT2D eigenvalue weighted by Gasteiger charge is 2.19. The number of hydrogen-bond donors (Lipinski definition) is 2. The zero-order chi connectivity index (χ0) is 30.2. The van der Waals surface area contributed by atoms with Gasteiger partial charge in [0, 0.05) is 47.5 Å². The normalized spacial score (nSPS) is 11.0. The van der Waals surface area contributed by atoms with E-state index in [1.54, 1.807) is 31.3 Å². The molecular weight excluding hydrogens is 577 g/mol. The summed E-state index contributed by atoms with van der Waals surface area (Å²) in [4.78, 5) is 47.0. The number of benzene rings is 2. The van der Waals surface area contributed by atoms with Crippen LogP contribution in [-0.2, 0) is 16.2 Å². The van der Waals surface area contributed by atoms with Crippen molar-refractivity contribution in [1.82, 2.24) is 20.6 Å². The number of nitrogens with zero attached hydrogens (tertiary/aromatic N) is 3. The number of carbonyl (C=O) groups is 3. The summed E-state index contributed by atoms with van der Waals surface area (Å²) in [6.45, 7) is 4.02. The minimum atomic E-state index is -0.472. The Morgan fingerprint density at radius 3 is 2.57 bits per heavy atom. The van der Waals surface area contributed by atoms with Crippen molar-refractivity contribution in [2.75, 3.05) is 25.0 Å². The predicted octanol–water partition coefficient (Wildman–Crippen LogP) is 5.37. The second-order valence-corrected chi connectivity index (χ2v) is 10.1. The summed E-state index contributed by atoms with van der Waals surface area (Å²) < 4.78 is 6.06. The molecule has 0 spiro atoms. The lowest BCUT2D eigenvalue weighted by Crippen LogP contribution is -2.37. The van der Waals surface area contributed by atoms with E-state index < -0.39 is 11.8 Å². The van der Waals surface area contributed by atoms with Gasteiger partial charge in [-0.3, -0.25) is 19.4 Å². The highest BCUT2D eigenvalue weighted by atomic mass is 35.5. The largest absolute Gasteiger partial charge is 0.487 e. The van der Waals surface area contributed by atoms with Gasteiger partial charge in [0.25, 0.3) is 5.91 Å². The summed E-state index contributed by atoms with van der Waals surface area (Å²) >= 11 is 13.1. The molecule has 4 rings (SSSR count). The zero-order valence-electron chi connectivity index (χ0n) is 23.3. The molecule has 0 saturated heterocycles. The number of amides is 3. The number of likely N-dealkylation sites (N-methyl/N-ethyl adjacent to an activating group) is 1. The van der Waals surface area contributed by atoms with Gasteiger partial charge in [-0.15, -0.1) is 0 Å². The van der Waals surface area contributed by atoms with Crippen molar-refractivity contribution >= 4 is 63.6 Å². The molecule has 0 aliphatic rings. The van der Waals surface area contributed by atoms with Gasteiger partial charge >= 0.3 is 0 Å². The van der Waals surface area contributed by atoms with Gasteiger partial charge in [0.2, 0.25) is 11.8 Å². The number of halogens is 2. The van der Waals surface area contributed by atoms with Crippen LogP contribution in [0.4, 0.5) is 5.69 Å². The molecule has 0 unspecified atom stereocenters. The van der Waals surface area contributed by atoms with Crippen molar-refractivity contribution in [3.63, 3.8) is 0 Å². The average molecular weight is 607 g/mol. The van der Waals surface area contributed by atoms with E-state index >= 15 is 0 Å². The molecule has 0 atom stereocenters. The number of nitrogens with one attached hydrogen (secondary N) is 2. The van der Waals surface area contributed by atoms with E-state index in [0.29, 0.717) is 34.1 Å². The van der Waals surface area contributed by atoms with Gasteiger partial charge in [-0.1, -0.05) is 47.5 Å². The standard InChI is InChI=1S/C31H29Cl2N5O4/c1-4-34-31(41)24-13-9-20(16-35-24)10-15-27(39)36-17-28(40)38(3)25-14-12-23(32)22(29(25)33)18-42-26-7-5-6-21-11-8-19(2)37-30(21)26/h5-16H,4,17-18H2,1-3H3,(H,34,41)(H,36,39). The van der Waals surface area contributed by atoms with Crippen LogP contribution >= 0.6 is 23.2 Å². The molecule has 4 aromatic rings. The number of pyridine rings is 2. The van der Waals surface area contributed by atoms with Gasteiger partial charge < -0.3 is 20.3 Å². The Labute approximate surface area is 253 Å². The Bertz CT molecular complexity index is 1660. The van der Waals surface area contributed by atoms with Crippen molar-refractivity contribution in [3.05, 3.63) is 99.4 Å². The summed E-state index contributed by atoms with van der Waals surface area (Å²) in [6.07, 6.45) is 4.30. The first-order valence-corrected chi connectivity index (χ1v) is 13.9. The molecule has 0 saturated carbocycles. The highest BCUT2D eigenvalue weighted by Crippen LogP contribution is 2.35. The number of anilines is 1. The van der Waals surface area contributed by atoms with Crippen LogP contribution < -0.4 is 20.3 Å². The summed E-state index contributed by atoms with van der Waals surface area (Å²) in [5.74, 6) is -0.553. The van der Waals surface area contributed by atoms with Gasteiger partial charge in [0.1, 0.15) is 23.6 Å². The maximum atomic E-state index is 12.9. The topological polar surface area (TPSA) is 114 Å². The number of ether oxygens (including phenoxy) is 1. The number of para-hydroxylation sites is 1. The van der Waals surface area contributed by atoms with Crippen LogP contribution in [0.2, 0.25) is 10.0 Å². The number of fused-ring (bicyclic) bond motifs is 1. The molecule has 0 bridgehead atoms. The van der Waals surface area contributed by atoms with Crippen LogP contribution in [0.3, 0.4) is 0 Å². The molecule has 3 amide bonds. The van der Waals surface area contributed by atoms with Crippen LogP contribution in [0.5, 0.6) is 5.75 Å². The maximum absolute atomic E-state index is 12.9. The molecule has 0 aliphatic carbocycles. The second-order valence-electron chi connectivity index (χ2n) is 9.27. The molecule has 0 fully saturated rings. The quantitative estimate of drug-likeness (QED) is 0.235. The fourth-order valence-electron chi connectivity index (χ4n) is 4.00. The van der Waals surface area contributed by atoms with E-state index in [4.69, 9.17) is 27.9 Å². The molecule has 0 radical (unpaired) electrons. The summed E-state index contributed by atoms with van der Waals surface area (Å²) in [6, 6.07) is 16.1. The van der Waals surface area contributed by atoms with Gasteiger partial charge in [-0.05, 0) is 55.8 Å². The molecule has 2 aromatic carbocycles. The maximum Gasteiger partial charge on any atom is 0.269 e. The summed E-state index contributed by atoms with van der Waals surface area (Å²) in [5, 5.41) is 6.82. The van der Waals surface area contributed by atoms with E-state index in [9.17, 15) is 14.4 Å². The molecule has 42 heavy (non-hydrogen) atoms. The molecule has 11 heteroatoms. The molecule has 0 aliphatic heterocycles. The van der Waals surface area contributed by atoms with Crippen molar-refractivity contribution < 1.29 is 19.1 Å². The Morgan fingerprint density at radius 2 is 1.83 bits per heavy atom. The number of rotatable bonds is 10. The Morgan fingerprint density at radius 1 is 1.02 bits per heavy atom. The first-order valence-electron chi connectivity index (χ1n) is 13.1. The third-order valence-electron chi connectivity index (χ3n) is 6.29. The lowest BCUT2D eigenvalue weighted by atomic mass is 10.1. The van der Waals surface area contributed by atoms with E-state index in [0.717, 1.165) is 16.6 Å². The Kier molecular flexibility index (Phi) is 10.1. The fraction of sp³-hybridized carbons (Fsp3) is 0.194. The third-order valence-corrected chi connectivity index (χ3v) is 7.07. The number of aryl methyl sites for hydroxylation is 1. The van der Waals surface area contributed by atoms with E-state index in [1.807, 2.05) is 44.2 Å². The van der Waals surface area contributed by atoms with Crippen LogP contribution in [0, 0.1) is 6.92 Å². The average Bonchev–Trinajstić information content (AvgIpc) is 2.99. The SMILES string of the molecule is CCNC(=O)c1ccc(C=CC(=O)NCC(=O)N(C)c2ccc(Cl)c(COc3cccc4ccc(C)nc34)c2Cl)cn1. The molecule has 216 valence electrons. The Balaban J connectivity index is 1.37. The monoisotopic (exact) mass is 605 g/mol. The zero-order valence-corrected chi connectivity index (χ0v) is 24.8. The van der Waals surface area contributed by atoms with Crippen molar-refractivity contribution in [2.45, 2.75) is 20.5 Å². The number of aromatic nitrogens is 2. The molecule has 2 heterocycles. The lowest BCUT2D eigenvalue weighted by molar-refractivity contribution is -0.122. The first kappa shape index (κ1) is 30.5. The first-order chi connectivity index (χ1) is 20.2. The van der Waals surface area contributed by atoms with Crippen molar-refractivity contribution in [3.8, 4) is 5.75 Å². The number of hydrogen-bond acceptors (Lipinski definition) is 6. The van der Waals surface area contributed by atoms with Gasteiger partial charge in [0.05, 0.1) is 17.3 Å². The minimum Gasteiger partial charge on any atom is -0.487 e. The van der Waals surface area contributed by atoms with Crippen molar-refractivity contribution in [1.29, 1.82) is 0 Å². The summed E-state index contributed by atoms with van der Waals surface area (Å²) in [5.41, 5.74) is 3.43. The molecule has 2 N–H and O–H groups in total. The molecule has 9 nitrogen and oxygen atoms in total. The van der Waals surface area contributed by atoms with Gasteiger partial charge in [-0.25, -0.2) is 4.98 Å². The second kappa shape index (κ2) is 13.9. The summed E-state index contributed by atoms with van der Waals surface area (Å²) in [7, 11) is 1.56. The molecular formula is C31H29Cl2N5O4. The minimum absolute atomic E-state index is 0.0584. The van der Waals surface area contributed by atoms with Crippen LogP contribution in [-0.4, -0.2) is 47.8 Å². The smallest absolute Gasteiger partial charge is 0.269 e. The van der Waals surface area contributed by atoms with Gasteiger partial charge in [-0.2, -0.15) is 0 Å². The van der Waals surface area contributed by atoms with Crippen molar-refractivity contribution in [2.24, 2.45) is 0 Å². The van der Waals surface area contributed by atoms with Crippen LogP contribution in [0.15, 0.2) is 66.9 Å². The lowest BCUT2D eigenvalue weighted by Gasteiger charge is -2.21. The van der Waals surface area contributed by atoms with Crippen LogP contribution in [0.1, 0.15) is 34.2 Å². The van der Waals surface area contributed by atoms with E-state index in [1.165, 1.54) is 23.2 Å². The van der Waals surface area contributed by atoms with E-state index in [-0.39, 0.29) is 29.8 Å². The third kappa shape index (κ3) is 7.43. The molecule has 2 aromatic heterocycles. The Hall–Kier alpha value is -4.47. The van der Waals surface area contributed by atoms with Gasteiger partial charge in [0.15, 0.2) is 0 Å². The van der Waals surface area contributed by atoms with E-state index in [2.05, 4.69) is 20.6 Å². The number of carbonyl (C=O) groups excluding carboxylic acids is 3. The predicted molar refractivity (Wildman–Crippen MR) is 165 cm³/mol. The highest BCUT2D eigenvalue weighted by molar-refractivity contribution is 6.38. The van der Waals surface area contributed by atoms with Crippen LogP contribution in [0.25, 0.3) is 17.0 Å². The fourth-order valence-corrected chi connectivity index (χ4v) is 4.60.